The summed E-state index contributed by atoms with van der Waals surface area (Å²) in [6.07, 6.45) is -4.10. The average Bonchev–Trinajstić information content (AvgIpc) is 2.80. The molecule has 2 aromatic carbocycles. The molecule has 0 radical (unpaired) electrons. The van der Waals surface area contributed by atoms with E-state index in [4.69, 9.17) is 14.2 Å². The van der Waals surface area contributed by atoms with E-state index in [-0.39, 0.29) is 23.9 Å². The molecule has 178 valence electrons. The summed E-state index contributed by atoms with van der Waals surface area (Å²) in [5, 5.41) is 58.5. The van der Waals surface area contributed by atoms with Gasteiger partial charge in [-0.3, -0.25) is 0 Å². The van der Waals surface area contributed by atoms with Gasteiger partial charge in [-0.1, -0.05) is 18.2 Å². The Morgan fingerprint density at radius 1 is 0.939 bits per heavy atom. The molecular weight excluding hydrogens is 436 g/mol. The van der Waals surface area contributed by atoms with Gasteiger partial charge < -0.3 is 44.8 Å². The fourth-order valence-electron chi connectivity index (χ4n) is 3.17. The molecule has 0 bridgehead atoms. The molecular formula is C23H26O10. The third-order valence-corrected chi connectivity index (χ3v) is 5.08. The second-order valence-electron chi connectivity index (χ2n) is 7.51. The maximum Gasteiger partial charge on any atom is 0.330 e. The van der Waals surface area contributed by atoms with E-state index in [1.54, 1.807) is 12.1 Å². The lowest BCUT2D eigenvalue weighted by atomic mass is 9.99. The summed E-state index contributed by atoms with van der Waals surface area (Å²) in [6.45, 7) is -0.281. The van der Waals surface area contributed by atoms with Crippen LogP contribution in [0.5, 0.6) is 17.2 Å². The monoisotopic (exact) mass is 462 g/mol. The van der Waals surface area contributed by atoms with E-state index in [1.165, 1.54) is 36.4 Å². The van der Waals surface area contributed by atoms with Crippen LogP contribution < -0.4 is 0 Å². The van der Waals surface area contributed by atoms with Gasteiger partial charge in [0.1, 0.15) is 36.8 Å². The number of phenolic OH excluding ortho intramolecular Hbond substituents is 3. The molecule has 3 rings (SSSR count). The van der Waals surface area contributed by atoms with E-state index in [1.807, 2.05) is 0 Å². The van der Waals surface area contributed by atoms with E-state index >= 15 is 0 Å². The number of carbonyl (C=O) groups excluding carboxylic acids is 1. The van der Waals surface area contributed by atoms with Crippen LogP contribution in [-0.4, -0.2) is 80.5 Å². The van der Waals surface area contributed by atoms with Gasteiger partial charge >= 0.3 is 5.97 Å². The van der Waals surface area contributed by atoms with Crippen LogP contribution in [0.15, 0.2) is 48.5 Å². The zero-order chi connectivity index (χ0) is 24.0. The molecule has 1 fully saturated rings. The number of rotatable bonds is 8. The first-order valence-corrected chi connectivity index (χ1v) is 10.2. The zero-order valence-electron chi connectivity index (χ0n) is 17.5. The Bertz CT molecular complexity index is 958. The minimum Gasteiger partial charge on any atom is -0.508 e. The highest BCUT2D eigenvalue weighted by Crippen LogP contribution is 2.26. The summed E-state index contributed by atoms with van der Waals surface area (Å²) in [6, 6.07) is 10.5. The first kappa shape index (κ1) is 24.5. The van der Waals surface area contributed by atoms with Gasteiger partial charge in [-0.2, -0.15) is 0 Å². The van der Waals surface area contributed by atoms with Crippen LogP contribution in [0.1, 0.15) is 11.1 Å². The maximum absolute atomic E-state index is 12.0. The van der Waals surface area contributed by atoms with Crippen molar-refractivity contribution in [3.05, 3.63) is 59.7 Å². The SMILES string of the molecule is O=C(/C=C/c1ccc(O)c(O)c1)OC[C@H]1O[C@H](OCCc2ccc(O)cc2)[C@H](O)[C@@H](O)[C@@H]1O. The Hall–Kier alpha value is -3.15. The smallest absolute Gasteiger partial charge is 0.330 e. The first-order chi connectivity index (χ1) is 15.7. The molecule has 0 amide bonds. The number of aromatic hydroxyl groups is 3. The topological polar surface area (TPSA) is 166 Å². The molecule has 10 nitrogen and oxygen atoms in total. The molecule has 5 atom stereocenters. The number of benzene rings is 2. The first-order valence-electron chi connectivity index (χ1n) is 10.2. The predicted octanol–water partition coefficient (Wildman–Crippen LogP) is 0.427. The van der Waals surface area contributed by atoms with Gasteiger partial charge in [0.2, 0.25) is 0 Å². The van der Waals surface area contributed by atoms with Gasteiger partial charge in [-0.15, -0.1) is 0 Å². The van der Waals surface area contributed by atoms with E-state index in [0.29, 0.717) is 12.0 Å². The third-order valence-electron chi connectivity index (χ3n) is 5.08. The van der Waals surface area contributed by atoms with Gasteiger partial charge in [0, 0.05) is 6.08 Å². The van der Waals surface area contributed by atoms with Gasteiger partial charge in [0.25, 0.3) is 0 Å². The molecule has 2 aromatic rings. The Morgan fingerprint density at radius 3 is 2.36 bits per heavy atom. The molecule has 0 unspecified atom stereocenters. The molecule has 1 aliphatic heterocycles. The third kappa shape index (κ3) is 6.67. The van der Waals surface area contributed by atoms with Crippen molar-refractivity contribution < 1.29 is 49.6 Å². The van der Waals surface area contributed by atoms with Crippen LogP contribution in [0.3, 0.4) is 0 Å². The molecule has 0 saturated carbocycles. The van der Waals surface area contributed by atoms with E-state index in [9.17, 15) is 35.4 Å². The molecule has 33 heavy (non-hydrogen) atoms. The van der Waals surface area contributed by atoms with Gasteiger partial charge in [-0.05, 0) is 47.9 Å². The summed E-state index contributed by atoms with van der Waals surface area (Å²) in [7, 11) is 0. The number of aliphatic hydroxyl groups excluding tert-OH is 3. The predicted molar refractivity (Wildman–Crippen MR) is 114 cm³/mol. The minimum absolute atomic E-state index is 0.129. The quantitative estimate of drug-likeness (QED) is 0.184. The lowest BCUT2D eigenvalue weighted by Gasteiger charge is -2.39. The minimum atomic E-state index is -1.57. The lowest BCUT2D eigenvalue weighted by molar-refractivity contribution is -0.301. The van der Waals surface area contributed by atoms with Crippen LogP contribution in [-0.2, 0) is 25.4 Å². The highest BCUT2D eigenvalue weighted by Gasteiger charge is 2.44. The maximum atomic E-state index is 12.0. The normalized spacial score (nSPS) is 25.2. The Labute approximate surface area is 189 Å². The highest BCUT2D eigenvalue weighted by atomic mass is 16.7. The molecule has 0 spiro atoms. The Kier molecular flexibility index (Phi) is 8.26. The molecule has 1 saturated heterocycles. The molecule has 0 aliphatic carbocycles. The van der Waals surface area contributed by atoms with E-state index in [2.05, 4.69) is 0 Å². The fourth-order valence-corrected chi connectivity index (χ4v) is 3.17. The summed E-state index contributed by atoms with van der Waals surface area (Å²) in [5.41, 5.74) is 1.31. The average molecular weight is 462 g/mol. The van der Waals surface area contributed by atoms with Crippen molar-refractivity contribution in [2.24, 2.45) is 0 Å². The Morgan fingerprint density at radius 2 is 1.67 bits per heavy atom. The number of phenols is 3. The fraction of sp³-hybridized carbons (Fsp3) is 0.348. The van der Waals surface area contributed by atoms with Crippen molar-refractivity contribution in [2.45, 2.75) is 37.1 Å². The van der Waals surface area contributed by atoms with Crippen LogP contribution >= 0.6 is 0 Å². The van der Waals surface area contributed by atoms with Crippen molar-refractivity contribution in [1.82, 2.24) is 0 Å². The van der Waals surface area contributed by atoms with Crippen molar-refractivity contribution >= 4 is 12.0 Å². The van der Waals surface area contributed by atoms with Crippen LogP contribution in [0.4, 0.5) is 0 Å². The van der Waals surface area contributed by atoms with Crippen molar-refractivity contribution in [3.63, 3.8) is 0 Å². The molecule has 10 heteroatoms. The lowest BCUT2D eigenvalue weighted by Crippen LogP contribution is -2.59. The second kappa shape index (κ2) is 11.1. The number of carbonyl (C=O) groups is 1. The van der Waals surface area contributed by atoms with Crippen molar-refractivity contribution in [1.29, 1.82) is 0 Å². The molecule has 0 aromatic heterocycles. The summed E-state index contributed by atoms with van der Waals surface area (Å²) in [4.78, 5) is 12.0. The van der Waals surface area contributed by atoms with E-state index in [0.717, 1.165) is 11.6 Å². The summed E-state index contributed by atoms with van der Waals surface area (Å²) in [5.74, 6) is -1.27. The molecule has 6 N–H and O–H groups in total. The van der Waals surface area contributed by atoms with Crippen LogP contribution in [0, 0.1) is 0 Å². The number of ether oxygens (including phenoxy) is 3. The second-order valence-corrected chi connectivity index (χ2v) is 7.51. The van der Waals surface area contributed by atoms with Gasteiger partial charge in [0.15, 0.2) is 17.8 Å². The van der Waals surface area contributed by atoms with Gasteiger partial charge in [0.05, 0.1) is 6.61 Å². The number of hydrogen-bond donors (Lipinski definition) is 6. The zero-order valence-corrected chi connectivity index (χ0v) is 17.5. The Balaban J connectivity index is 1.50. The van der Waals surface area contributed by atoms with E-state index < -0.39 is 43.3 Å². The number of aliphatic hydroxyl groups is 3. The molecule has 1 heterocycles. The van der Waals surface area contributed by atoms with Gasteiger partial charge in [-0.25, -0.2) is 4.79 Å². The van der Waals surface area contributed by atoms with Crippen LogP contribution in [0.2, 0.25) is 0 Å². The largest absolute Gasteiger partial charge is 0.508 e. The van der Waals surface area contributed by atoms with Crippen molar-refractivity contribution in [2.75, 3.05) is 13.2 Å². The highest BCUT2D eigenvalue weighted by molar-refractivity contribution is 5.87. The number of hydrogen-bond acceptors (Lipinski definition) is 10. The number of esters is 1. The van der Waals surface area contributed by atoms with Crippen molar-refractivity contribution in [3.8, 4) is 17.2 Å². The summed E-state index contributed by atoms with van der Waals surface area (Å²) >= 11 is 0. The van der Waals surface area contributed by atoms with Crippen LogP contribution in [0.25, 0.3) is 6.08 Å². The standard InChI is InChI=1S/C23H26O10/c24-15-5-1-13(2-6-15)9-10-31-23-22(30)21(29)20(28)18(33-23)12-32-19(27)8-4-14-3-7-16(25)17(26)11-14/h1-8,11,18,20-26,28-30H,9-10,12H2/b8-4+/t18-,20-,21+,22-,23+/m1/s1. The molecule has 1 aliphatic rings. The summed E-state index contributed by atoms with van der Waals surface area (Å²) < 4.78 is 16.1.